The molecule has 0 bridgehead atoms. The Balaban J connectivity index is 1.44. The molecule has 152 valence electrons. The van der Waals surface area contributed by atoms with E-state index in [1.54, 1.807) is 12.1 Å². The Morgan fingerprint density at radius 3 is 1.45 bits per heavy atom. The Labute approximate surface area is 180 Å². The summed E-state index contributed by atoms with van der Waals surface area (Å²) in [5.41, 5.74) is 8.20. The Hall–Kier alpha value is -4.12. The van der Waals surface area contributed by atoms with Gasteiger partial charge in [0.25, 0.3) is 0 Å². The summed E-state index contributed by atoms with van der Waals surface area (Å²) in [7, 11) is 3.90. The summed E-state index contributed by atoms with van der Waals surface area (Å²) < 4.78 is 3.78. The molecule has 5 aromatic rings. The van der Waals surface area contributed by atoms with Crippen molar-refractivity contribution in [3.63, 3.8) is 0 Å². The van der Waals surface area contributed by atoms with Gasteiger partial charge >= 0.3 is 0 Å². The van der Waals surface area contributed by atoms with Gasteiger partial charge in [-0.3, -0.25) is 9.36 Å². The minimum atomic E-state index is 0.256. The summed E-state index contributed by atoms with van der Waals surface area (Å²) in [6.07, 6.45) is 0. The number of aryl methyl sites for hydroxylation is 2. The molecule has 31 heavy (non-hydrogen) atoms. The second-order valence-electron chi connectivity index (χ2n) is 7.57. The third-order valence-electron chi connectivity index (χ3n) is 5.47. The summed E-state index contributed by atoms with van der Waals surface area (Å²) in [6, 6.07) is 30.0. The maximum absolute atomic E-state index is 9.53. The van der Waals surface area contributed by atoms with Crippen molar-refractivity contribution in [1.82, 2.24) is 19.6 Å². The molecule has 1 N–H and O–H groups in total. The number of phenols is 1. The van der Waals surface area contributed by atoms with Gasteiger partial charge in [-0.1, -0.05) is 54.6 Å². The second-order valence-corrected chi connectivity index (χ2v) is 7.57. The quantitative estimate of drug-likeness (QED) is 0.427. The molecule has 0 atom stereocenters. The number of rotatable bonds is 4. The van der Waals surface area contributed by atoms with Crippen molar-refractivity contribution in [2.45, 2.75) is 0 Å². The predicted molar refractivity (Wildman–Crippen MR) is 123 cm³/mol. The Morgan fingerprint density at radius 2 is 0.968 bits per heavy atom. The molecular formula is C26H22N4O. The third-order valence-corrected chi connectivity index (χ3v) is 5.47. The van der Waals surface area contributed by atoms with Crippen LogP contribution in [0.3, 0.4) is 0 Å². The van der Waals surface area contributed by atoms with Crippen LogP contribution in [0.2, 0.25) is 0 Å². The van der Waals surface area contributed by atoms with Crippen LogP contribution in [0.4, 0.5) is 0 Å². The van der Waals surface area contributed by atoms with E-state index < -0.39 is 0 Å². The first-order valence-corrected chi connectivity index (χ1v) is 10.1. The molecule has 0 aliphatic carbocycles. The number of phenolic OH excluding ortho intramolecular Hbond substituents is 1. The first-order chi connectivity index (χ1) is 15.1. The van der Waals surface area contributed by atoms with Crippen LogP contribution in [0.15, 0.2) is 91.0 Å². The van der Waals surface area contributed by atoms with E-state index in [1.165, 1.54) is 0 Å². The highest BCUT2D eigenvalue weighted by molar-refractivity contribution is 5.73. The Bertz CT molecular complexity index is 1330. The van der Waals surface area contributed by atoms with E-state index >= 15 is 0 Å². The molecular weight excluding hydrogens is 384 g/mol. The number of aromatic hydroxyl groups is 1. The van der Waals surface area contributed by atoms with Crippen molar-refractivity contribution in [3.8, 4) is 50.8 Å². The van der Waals surface area contributed by atoms with E-state index in [1.807, 2.05) is 53.8 Å². The van der Waals surface area contributed by atoms with Crippen LogP contribution in [0.25, 0.3) is 45.0 Å². The fraction of sp³-hybridized carbons (Fsp3) is 0.0769. The zero-order valence-electron chi connectivity index (χ0n) is 17.4. The van der Waals surface area contributed by atoms with Gasteiger partial charge in [0.05, 0.1) is 22.8 Å². The first kappa shape index (κ1) is 18.9. The zero-order chi connectivity index (χ0) is 21.4. The molecule has 3 aromatic carbocycles. The molecule has 0 aliphatic heterocycles. The molecule has 0 spiro atoms. The average molecular weight is 406 g/mol. The highest BCUT2D eigenvalue weighted by Gasteiger charge is 2.12. The summed E-state index contributed by atoms with van der Waals surface area (Å²) in [6.45, 7) is 0. The predicted octanol–water partition coefficient (Wildman–Crippen LogP) is 5.53. The molecule has 0 saturated carbocycles. The van der Waals surface area contributed by atoms with Crippen LogP contribution >= 0.6 is 0 Å². The molecule has 0 saturated heterocycles. The Kier molecular flexibility index (Phi) is 4.64. The number of nitrogens with zero attached hydrogens (tertiary/aromatic N) is 4. The zero-order valence-corrected chi connectivity index (χ0v) is 17.4. The molecule has 2 heterocycles. The van der Waals surface area contributed by atoms with E-state index in [2.05, 4.69) is 53.6 Å². The van der Waals surface area contributed by atoms with Gasteiger partial charge in [-0.25, -0.2) is 0 Å². The highest BCUT2D eigenvalue weighted by atomic mass is 16.3. The molecule has 0 aliphatic rings. The maximum atomic E-state index is 9.53. The molecule has 0 unspecified atom stereocenters. The second kappa shape index (κ2) is 7.61. The Morgan fingerprint density at radius 1 is 0.548 bits per heavy atom. The number of benzene rings is 3. The van der Waals surface area contributed by atoms with Crippen molar-refractivity contribution in [3.05, 3.63) is 91.0 Å². The fourth-order valence-corrected chi connectivity index (χ4v) is 3.81. The normalized spacial score (nSPS) is 11.0. The van der Waals surface area contributed by atoms with E-state index in [0.29, 0.717) is 0 Å². The monoisotopic (exact) mass is 406 g/mol. The van der Waals surface area contributed by atoms with Crippen LogP contribution in [0.5, 0.6) is 5.75 Å². The number of hydrogen-bond acceptors (Lipinski definition) is 3. The van der Waals surface area contributed by atoms with E-state index in [9.17, 15) is 5.11 Å². The van der Waals surface area contributed by atoms with Crippen LogP contribution in [-0.2, 0) is 14.1 Å². The smallest absolute Gasteiger partial charge is 0.115 e. The fourth-order valence-electron chi connectivity index (χ4n) is 3.81. The molecule has 5 heteroatoms. The minimum absolute atomic E-state index is 0.256. The van der Waals surface area contributed by atoms with Crippen LogP contribution in [0, 0.1) is 0 Å². The van der Waals surface area contributed by atoms with Gasteiger partial charge in [0, 0.05) is 30.8 Å². The van der Waals surface area contributed by atoms with Crippen LogP contribution in [-0.4, -0.2) is 24.7 Å². The van der Waals surface area contributed by atoms with Crippen LogP contribution in [0.1, 0.15) is 0 Å². The molecule has 5 nitrogen and oxygen atoms in total. The molecule has 0 fully saturated rings. The minimum Gasteiger partial charge on any atom is -0.508 e. The lowest BCUT2D eigenvalue weighted by atomic mass is 10.0. The lowest BCUT2D eigenvalue weighted by Crippen LogP contribution is -1.93. The van der Waals surface area contributed by atoms with Crippen molar-refractivity contribution in [2.24, 2.45) is 14.1 Å². The summed E-state index contributed by atoms with van der Waals surface area (Å²) in [5.74, 6) is 0.256. The third kappa shape index (κ3) is 3.62. The van der Waals surface area contributed by atoms with Gasteiger partial charge in [-0.2, -0.15) is 10.2 Å². The van der Waals surface area contributed by atoms with Gasteiger partial charge in [0.1, 0.15) is 5.75 Å². The molecule has 0 radical (unpaired) electrons. The topological polar surface area (TPSA) is 55.9 Å². The van der Waals surface area contributed by atoms with Crippen molar-refractivity contribution in [1.29, 1.82) is 0 Å². The maximum Gasteiger partial charge on any atom is 0.115 e. The standard InChI is InChI=1S/C26H22N4O/c1-29-25(20-6-4-3-5-7-20)16-23(27-29)18-8-10-19(11-9-18)24-17-26(30(2)28-24)21-12-14-22(31)15-13-21/h3-17,31H,1-2H3. The van der Waals surface area contributed by atoms with Crippen molar-refractivity contribution >= 4 is 0 Å². The van der Waals surface area contributed by atoms with Crippen molar-refractivity contribution < 1.29 is 5.11 Å². The lowest BCUT2D eigenvalue weighted by molar-refractivity contribution is 0.475. The number of hydrogen-bond donors (Lipinski definition) is 1. The SMILES string of the molecule is Cn1nc(-c2ccc(-c3cc(-c4ccc(O)cc4)n(C)n3)cc2)cc1-c1ccccc1. The molecule has 5 rings (SSSR count). The lowest BCUT2D eigenvalue weighted by Gasteiger charge is -2.01. The van der Waals surface area contributed by atoms with Gasteiger partial charge < -0.3 is 5.11 Å². The van der Waals surface area contributed by atoms with Gasteiger partial charge in [-0.05, 0) is 42.0 Å². The first-order valence-electron chi connectivity index (χ1n) is 10.1. The van der Waals surface area contributed by atoms with Gasteiger partial charge in [0.2, 0.25) is 0 Å². The summed E-state index contributed by atoms with van der Waals surface area (Å²) >= 11 is 0. The number of aromatic nitrogens is 4. The van der Waals surface area contributed by atoms with Crippen molar-refractivity contribution in [2.75, 3.05) is 0 Å². The van der Waals surface area contributed by atoms with E-state index in [-0.39, 0.29) is 5.75 Å². The van der Waals surface area contributed by atoms with Gasteiger partial charge in [0.15, 0.2) is 0 Å². The average Bonchev–Trinajstić information content (AvgIpc) is 3.38. The summed E-state index contributed by atoms with van der Waals surface area (Å²) in [4.78, 5) is 0. The van der Waals surface area contributed by atoms with Gasteiger partial charge in [-0.15, -0.1) is 0 Å². The molecule has 0 amide bonds. The largest absolute Gasteiger partial charge is 0.508 e. The molecule has 2 aromatic heterocycles. The van der Waals surface area contributed by atoms with E-state index in [0.717, 1.165) is 45.0 Å². The van der Waals surface area contributed by atoms with Crippen LogP contribution < -0.4 is 0 Å². The van der Waals surface area contributed by atoms with E-state index in [4.69, 9.17) is 5.10 Å². The highest BCUT2D eigenvalue weighted by Crippen LogP contribution is 2.30. The summed E-state index contributed by atoms with van der Waals surface area (Å²) in [5, 5.41) is 18.9.